The average Bonchev–Trinajstić information content (AvgIpc) is 2.83. The van der Waals surface area contributed by atoms with Gasteiger partial charge < -0.3 is 10.6 Å². The van der Waals surface area contributed by atoms with E-state index in [0.29, 0.717) is 34.7 Å². The molecule has 41 heavy (non-hydrogen) atoms. The van der Waals surface area contributed by atoms with E-state index in [1.54, 1.807) is 24.8 Å². The zero-order chi connectivity index (χ0) is 30.8. The predicted molar refractivity (Wildman–Crippen MR) is 150 cm³/mol. The molecular weight excluding hydrogens is 590 g/mol. The fraction of sp³-hybridized carbons (Fsp3) is 0.310. The largest absolute Gasteiger partial charge is 0.416 e. The lowest BCUT2D eigenvalue weighted by Gasteiger charge is -2.26. The predicted octanol–water partition coefficient (Wildman–Crippen LogP) is 8.40. The summed E-state index contributed by atoms with van der Waals surface area (Å²) in [4.78, 5) is 26.3. The highest BCUT2D eigenvalue weighted by molar-refractivity contribution is 7.98. The summed E-state index contributed by atoms with van der Waals surface area (Å²) in [5.74, 6) is -0.524. The average molecular weight is 617 g/mol. The number of alkyl halides is 6. The summed E-state index contributed by atoms with van der Waals surface area (Å²) < 4.78 is 79.4. The fourth-order valence-electron chi connectivity index (χ4n) is 4.23. The van der Waals surface area contributed by atoms with Crippen molar-refractivity contribution in [3.63, 3.8) is 0 Å². The van der Waals surface area contributed by atoms with Crippen molar-refractivity contribution in [3.8, 4) is 0 Å². The van der Waals surface area contributed by atoms with Gasteiger partial charge in [0.05, 0.1) is 27.3 Å². The van der Waals surface area contributed by atoms with Crippen LogP contribution in [0.3, 0.4) is 0 Å². The molecule has 3 aromatic rings. The maximum Gasteiger partial charge on any atom is 0.416 e. The molecular formula is C29H27ClF6N2O2S. The Morgan fingerprint density at radius 2 is 1.46 bits per heavy atom. The van der Waals surface area contributed by atoms with Crippen LogP contribution in [-0.2, 0) is 18.8 Å². The number of benzene rings is 3. The second-order valence-corrected chi connectivity index (χ2v) is 11.4. The zero-order valence-corrected chi connectivity index (χ0v) is 24.1. The summed E-state index contributed by atoms with van der Waals surface area (Å²) in [6.07, 6.45) is -8.19. The molecule has 0 aromatic heterocycles. The molecule has 2 amide bonds. The summed E-state index contributed by atoms with van der Waals surface area (Å²) >= 11 is 7.84. The van der Waals surface area contributed by atoms with Gasteiger partial charge in [0.2, 0.25) is 0 Å². The van der Waals surface area contributed by atoms with Crippen molar-refractivity contribution in [1.29, 1.82) is 0 Å². The molecule has 12 heteroatoms. The molecule has 4 nitrogen and oxygen atoms in total. The van der Waals surface area contributed by atoms with Gasteiger partial charge in [-0.15, -0.1) is 0 Å². The van der Waals surface area contributed by atoms with Crippen LogP contribution in [0.4, 0.5) is 32.0 Å². The minimum Gasteiger partial charge on any atom is -0.346 e. The van der Waals surface area contributed by atoms with Crippen LogP contribution in [0.5, 0.6) is 0 Å². The highest BCUT2D eigenvalue weighted by atomic mass is 35.5. The van der Waals surface area contributed by atoms with E-state index >= 15 is 0 Å². The van der Waals surface area contributed by atoms with Crippen molar-refractivity contribution in [3.05, 3.63) is 98.6 Å². The first kappa shape index (κ1) is 32.3. The molecule has 0 aliphatic rings. The first-order valence-corrected chi connectivity index (χ1v) is 14.0. The number of carbonyl (C=O) groups is 2. The fourth-order valence-corrected chi connectivity index (χ4v) is 5.29. The quantitative estimate of drug-likeness (QED) is 0.250. The molecule has 0 saturated carbocycles. The third-order valence-electron chi connectivity index (χ3n) is 6.04. The Morgan fingerprint density at radius 1 is 0.854 bits per heavy atom. The number of halogens is 7. The van der Waals surface area contributed by atoms with Crippen LogP contribution in [0, 0.1) is 6.92 Å². The Labute approximate surface area is 242 Å². The van der Waals surface area contributed by atoms with Gasteiger partial charge in [0, 0.05) is 17.0 Å². The van der Waals surface area contributed by atoms with Crippen LogP contribution in [0.2, 0.25) is 5.02 Å². The normalized spacial score (nSPS) is 12.3. The molecule has 2 N–H and O–H groups in total. The summed E-state index contributed by atoms with van der Waals surface area (Å²) in [6, 6.07) is 10.5. The van der Waals surface area contributed by atoms with Gasteiger partial charge >= 0.3 is 12.4 Å². The van der Waals surface area contributed by atoms with Gasteiger partial charge in [-0.2, -0.15) is 38.1 Å². The molecule has 220 valence electrons. The highest BCUT2D eigenvalue weighted by Gasteiger charge is 2.37. The molecule has 0 aliphatic carbocycles. The number of thioether (sulfide) groups is 1. The lowest BCUT2D eigenvalue weighted by atomic mass is 9.97. The SMILES string of the molecule is CSCC(C)(C)NC(=O)c1c(Cl)cccc1C(=O)Nc1ccc(Cc2cc(C(F)(F)F)cc(C(F)(F)F)c2)cc1C. The molecule has 0 radical (unpaired) electrons. The van der Waals surface area contributed by atoms with Gasteiger partial charge in [-0.1, -0.05) is 29.8 Å². The van der Waals surface area contributed by atoms with Crippen LogP contribution in [0.25, 0.3) is 0 Å². The Morgan fingerprint density at radius 3 is 2.00 bits per heavy atom. The van der Waals surface area contributed by atoms with Crippen molar-refractivity contribution >= 4 is 40.9 Å². The number of rotatable bonds is 8. The number of nitrogens with one attached hydrogen (secondary N) is 2. The topological polar surface area (TPSA) is 58.2 Å². The van der Waals surface area contributed by atoms with Crippen molar-refractivity contribution in [2.24, 2.45) is 0 Å². The van der Waals surface area contributed by atoms with Crippen molar-refractivity contribution in [2.75, 3.05) is 17.3 Å². The number of hydrogen-bond donors (Lipinski definition) is 2. The molecule has 0 unspecified atom stereocenters. The lowest BCUT2D eigenvalue weighted by Crippen LogP contribution is -2.46. The molecule has 0 saturated heterocycles. The first-order valence-electron chi connectivity index (χ1n) is 12.2. The highest BCUT2D eigenvalue weighted by Crippen LogP contribution is 2.37. The molecule has 0 heterocycles. The van der Waals surface area contributed by atoms with Gasteiger partial charge in [0.25, 0.3) is 11.8 Å². The molecule has 0 fully saturated rings. The molecule has 0 spiro atoms. The van der Waals surface area contributed by atoms with E-state index in [1.165, 1.54) is 30.3 Å². The maximum absolute atomic E-state index is 13.2. The second-order valence-electron chi connectivity index (χ2n) is 10.1. The molecule has 0 atom stereocenters. The van der Waals surface area contributed by atoms with Crippen LogP contribution in [0.1, 0.15) is 62.4 Å². The Hall–Kier alpha value is -3.18. The third-order valence-corrected chi connectivity index (χ3v) is 7.36. The third kappa shape index (κ3) is 8.42. The summed E-state index contributed by atoms with van der Waals surface area (Å²) in [7, 11) is 0. The number of amides is 2. The second kappa shape index (κ2) is 12.4. The summed E-state index contributed by atoms with van der Waals surface area (Å²) in [5, 5.41) is 5.67. The van der Waals surface area contributed by atoms with E-state index in [4.69, 9.17) is 11.6 Å². The molecule has 3 aromatic carbocycles. The number of aryl methyl sites for hydroxylation is 1. The maximum atomic E-state index is 13.2. The van der Waals surface area contributed by atoms with E-state index in [-0.39, 0.29) is 34.2 Å². The van der Waals surface area contributed by atoms with E-state index in [2.05, 4.69) is 10.6 Å². The smallest absolute Gasteiger partial charge is 0.346 e. The monoisotopic (exact) mass is 616 g/mol. The molecule has 0 bridgehead atoms. The first-order chi connectivity index (χ1) is 18.9. The number of carbonyl (C=O) groups excluding carboxylic acids is 2. The lowest BCUT2D eigenvalue weighted by molar-refractivity contribution is -0.143. The minimum atomic E-state index is -4.94. The van der Waals surface area contributed by atoms with Crippen LogP contribution >= 0.6 is 23.4 Å². The minimum absolute atomic E-state index is 0.000123. The van der Waals surface area contributed by atoms with Gasteiger partial charge in [0.15, 0.2) is 0 Å². The Balaban J connectivity index is 1.86. The van der Waals surface area contributed by atoms with Crippen LogP contribution in [-0.4, -0.2) is 29.4 Å². The number of anilines is 1. The van der Waals surface area contributed by atoms with Crippen molar-refractivity contribution in [1.82, 2.24) is 5.32 Å². The van der Waals surface area contributed by atoms with Crippen molar-refractivity contribution < 1.29 is 35.9 Å². The Kier molecular flexibility index (Phi) is 9.75. The van der Waals surface area contributed by atoms with E-state index in [0.717, 1.165) is 0 Å². The Bertz CT molecular complexity index is 1420. The van der Waals surface area contributed by atoms with Gasteiger partial charge in [0.1, 0.15) is 0 Å². The summed E-state index contributed by atoms with van der Waals surface area (Å²) in [5.41, 5.74) is -2.20. The molecule has 3 rings (SSSR count). The standard InChI is InChI=1S/C29H27ClF6N2O2S/c1-16-10-17(11-18-12-19(28(31,32)33)14-20(13-18)29(34,35)36)8-9-23(16)37-25(39)21-6-5-7-22(30)24(21)26(40)38-27(2,3)15-41-4/h5-10,12-14H,11,15H2,1-4H3,(H,37,39)(H,38,40). The van der Waals surface area contributed by atoms with Gasteiger partial charge in [-0.25, -0.2) is 0 Å². The van der Waals surface area contributed by atoms with E-state index in [9.17, 15) is 35.9 Å². The zero-order valence-electron chi connectivity index (χ0n) is 22.5. The van der Waals surface area contributed by atoms with E-state index in [1.807, 2.05) is 20.1 Å². The summed E-state index contributed by atoms with van der Waals surface area (Å²) in [6.45, 7) is 5.31. The van der Waals surface area contributed by atoms with E-state index < -0.39 is 40.8 Å². The number of hydrogen-bond acceptors (Lipinski definition) is 3. The van der Waals surface area contributed by atoms with Gasteiger partial charge in [-0.3, -0.25) is 9.59 Å². The van der Waals surface area contributed by atoms with Crippen LogP contribution in [0.15, 0.2) is 54.6 Å². The van der Waals surface area contributed by atoms with Crippen molar-refractivity contribution in [2.45, 2.75) is 45.1 Å². The van der Waals surface area contributed by atoms with Gasteiger partial charge in [-0.05, 0) is 86.5 Å². The molecule has 0 aliphatic heterocycles. The van der Waals surface area contributed by atoms with Crippen LogP contribution < -0.4 is 10.6 Å².